The molecule has 0 saturated carbocycles. The van der Waals surface area contributed by atoms with E-state index in [1.807, 2.05) is 44.2 Å². The maximum Gasteiger partial charge on any atom is 0.263 e. The number of nitriles is 1. The average Bonchev–Trinajstić information content (AvgIpc) is 3.16. The molecule has 0 saturated heterocycles. The van der Waals surface area contributed by atoms with E-state index in [1.54, 1.807) is 12.1 Å². The first-order chi connectivity index (χ1) is 15.4. The van der Waals surface area contributed by atoms with Crippen LogP contribution in [0.3, 0.4) is 0 Å². The van der Waals surface area contributed by atoms with Crippen molar-refractivity contribution in [3.63, 3.8) is 0 Å². The van der Waals surface area contributed by atoms with Crippen molar-refractivity contribution in [2.75, 3.05) is 11.9 Å². The molecule has 1 amide bonds. The van der Waals surface area contributed by atoms with Crippen LogP contribution < -0.4 is 10.1 Å². The number of hydrogen-bond donors (Lipinski definition) is 1. The van der Waals surface area contributed by atoms with Gasteiger partial charge in [-0.3, -0.25) is 4.79 Å². The molecule has 0 aliphatic heterocycles. The Morgan fingerprint density at radius 1 is 1.19 bits per heavy atom. The van der Waals surface area contributed by atoms with Crippen LogP contribution in [-0.2, 0) is 4.79 Å². The zero-order valence-electron chi connectivity index (χ0n) is 17.2. The van der Waals surface area contributed by atoms with E-state index < -0.39 is 5.91 Å². The third-order valence-electron chi connectivity index (χ3n) is 4.85. The minimum atomic E-state index is -0.483. The Hall–Kier alpha value is -3.60. The fourth-order valence-electron chi connectivity index (χ4n) is 3.28. The van der Waals surface area contributed by atoms with Gasteiger partial charge in [0.25, 0.3) is 5.91 Å². The van der Waals surface area contributed by atoms with Crippen LogP contribution in [0.1, 0.15) is 16.7 Å². The van der Waals surface area contributed by atoms with Gasteiger partial charge in [0.1, 0.15) is 17.4 Å². The maximum absolute atomic E-state index is 12.6. The highest BCUT2D eigenvalue weighted by Crippen LogP contribution is 2.28. The second-order valence-corrected chi connectivity index (χ2v) is 7.95. The van der Waals surface area contributed by atoms with Crippen molar-refractivity contribution in [3.05, 3.63) is 75.4 Å². The van der Waals surface area contributed by atoms with E-state index in [9.17, 15) is 10.1 Å². The predicted molar refractivity (Wildman–Crippen MR) is 124 cm³/mol. The van der Waals surface area contributed by atoms with Crippen molar-refractivity contribution < 1.29 is 9.53 Å². The molecule has 4 aromatic rings. The van der Waals surface area contributed by atoms with E-state index in [4.69, 9.17) is 32.9 Å². The highest BCUT2D eigenvalue weighted by atomic mass is 35.5. The number of para-hydroxylation sites is 1. The van der Waals surface area contributed by atoms with Gasteiger partial charge >= 0.3 is 0 Å². The summed E-state index contributed by atoms with van der Waals surface area (Å²) in [6.45, 7) is 3.63. The monoisotopic (exact) mass is 465 g/mol. The van der Waals surface area contributed by atoms with Gasteiger partial charge in [-0.2, -0.15) is 15.0 Å². The molecule has 0 aliphatic rings. The van der Waals surface area contributed by atoms with Crippen molar-refractivity contribution in [2.24, 2.45) is 0 Å². The number of benzene rings is 2. The van der Waals surface area contributed by atoms with E-state index in [1.165, 1.54) is 16.9 Å². The Morgan fingerprint density at radius 2 is 2.00 bits per heavy atom. The highest BCUT2D eigenvalue weighted by Gasteiger charge is 2.18. The average molecular weight is 466 g/mol. The Kier molecular flexibility index (Phi) is 5.99. The summed E-state index contributed by atoms with van der Waals surface area (Å²) in [5, 5.41) is 18.2. The van der Waals surface area contributed by atoms with Gasteiger partial charge in [-0.15, -0.1) is 0 Å². The zero-order chi connectivity index (χ0) is 22.8. The number of aromatic nitrogens is 3. The fraction of sp³-hybridized carbons (Fsp3) is 0.130. The number of pyridine rings is 1. The van der Waals surface area contributed by atoms with Crippen molar-refractivity contribution in [1.82, 2.24) is 14.8 Å². The van der Waals surface area contributed by atoms with E-state index in [0.29, 0.717) is 21.6 Å². The summed E-state index contributed by atoms with van der Waals surface area (Å²) in [5.74, 6) is 0.538. The minimum Gasteiger partial charge on any atom is -0.482 e. The first-order valence-electron chi connectivity index (χ1n) is 9.60. The summed E-state index contributed by atoms with van der Waals surface area (Å²) in [7, 11) is 0. The second kappa shape index (κ2) is 8.87. The largest absolute Gasteiger partial charge is 0.482 e. The quantitative estimate of drug-likeness (QED) is 0.435. The third kappa shape index (κ3) is 4.24. The lowest BCUT2D eigenvalue weighted by molar-refractivity contribution is -0.118. The molecule has 1 N–H and O–H groups in total. The molecule has 0 unspecified atom stereocenters. The molecule has 0 spiro atoms. The van der Waals surface area contributed by atoms with E-state index in [2.05, 4.69) is 10.4 Å². The Balaban J connectivity index is 1.63. The number of aryl methyl sites for hydroxylation is 2. The standard InChI is InChI=1S/C23H17Cl2N5O2/c1-13-4-3-5-17-14(2)8-20(28-22(13)17)30-23(15(10-26)11-27-30)29-21(31)12-32-19-7-6-16(24)9-18(19)25/h3-9,11H,12H2,1-2H3,(H,29,31). The Labute approximate surface area is 194 Å². The van der Waals surface area contributed by atoms with Crippen molar-refractivity contribution >= 4 is 45.8 Å². The molecule has 2 aromatic carbocycles. The first kappa shape index (κ1) is 21.6. The number of rotatable bonds is 5. The van der Waals surface area contributed by atoms with Gasteiger partial charge < -0.3 is 10.1 Å². The number of fused-ring (bicyclic) bond motifs is 1. The van der Waals surface area contributed by atoms with E-state index in [-0.39, 0.29) is 18.0 Å². The van der Waals surface area contributed by atoms with Crippen LogP contribution in [-0.4, -0.2) is 27.3 Å². The number of nitrogens with one attached hydrogen (secondary N) is 1. The molecular weight excluding hydrogens is 449 g/mol. The topological polar surface area (TPSA) is 92.8 Å². The summed E-state index contributed by atoms with van der Waals surface area (Å²) in [6.07, 6.45) is 1.38. The summed E-state index contributed by atoms with van der Waals surface area (Å²) in [4.78, 5) is 17.3. The van der Waals surface area contributed by atoms with E-state index >= 15 is 0 Å². The number of ether oxygens (including phenoxy) is 1. The van der Waals surface area contributed by atoms with Gasteiger partial charge in [0.05, 0.1) is 16.7 Å². The smallest absolute Gasteiger partial charge is 0.263 e. The molecule has 2 heterocycles. The van der Waals surface area contributed by atoms with Crippen LogP contribution in [0.15, 0.2) is 48.7 Å². The zero-order valence-corrected chi connectivity index (χ0v) is 18.7. The van der Waals surface area contributed by atoms with E-state index in [0.717, 1.165) is 22.0 Å². The number of nitrogens with zero attached hydrogens (tertiary/aromatic N) is 4. The lowest BCUT2D eigenvalue weighted by atomic mass is 10.1. The number of hydrogen-bond acceptors (Lipinski definition) is 5. The molecule has 2 aromatic heterocycles. The molecular formula is C23H17Cl2N5O2. The van der Waals surface area contributed by atoms with Gasteiger partial charge in [0.2, 0.25) is 0 Å². The van der Waals surface area contributed by atoms with Crippen LogP contribution in [0.2, 0.25) is 10.0 Å². The summed E-state index contributed by atoms with van der Waals surface area (Å²) >= 11 is 12.0. The number of anilines is 1. The van der Waals surface area contributed by atoms with Crippen LogP contribution in [0, 0.1) is 25.2 Å². The molecule has 0 aliphatic carbocycles. The Morgan fingerprint density at radius 3 is 2.75 bits per heavy atom. The van der Waals surface area contributed by atoms with Gasteiger partial charge in [0, 0.05) is 10.4 Å². The second-order valence-electron chi connectivity index (χ2n) is 7.11. The molecule has 0 fully saturated rings. The molecule has 7 nitrogen and oxygen atoms in total. The number of carbonyl (C=O) groups is 1. The molecule has 0 bridgehead atoms. The van der Waals surface area contributed by atoms with Gasteiger partial charge in [-0.1, -0.05) is 41.4 Å². The van der Waals surface area contributed by atoms with Crippen LogP contribution in [0.4, 0.5) is 5.82 Å². The summed E-state index contributed by atoms with van der Waals surface area (Å²) in [6, 6.07) is 14.6. The maximum atomic E-state index is 12.6. The third-order valence-corrected chi connectivity index (χ3v) is 5.38. The minimum absolute atomic E-state index is 0.201. The Bertz CT molecular complexity index is 1390. The van der Waals surface area contributed by atoms with Gasteiger partial charge in [0.15, 0.2) is 18.2 Å². The lowest BCUT2D eigenvalue weighted by Crippen LogP contribution is -2.22. The van der Waals surface area contributed by atoms with Crippen molar-refractivity contribution in [3.8, 4) is 17.6 Å². The molecule has 0 radical (unpaired) electrons. The first-order valence-corrected chi connectivity index (χ1v) is 10.4. The van der Waals surface area contributed by atoms with Crippen LogP contribution in [0.25, 0.3) is 16.7 Å². The number of carbonyl (C=O) groups excluding carboxylic acids is 1. The summed E-state index contributed by atoms with van der Waals surface area (Å²) < 4.78 is 6.92. The molecule has 32 heavy (non-hydrogen) atoms. The lowest BCUT2D eigenvalue weighted by Gasteiger charge is -2.13. The molecule has 160 valence electrons. The summed E-state index contributed by atoms with van der Waals surface area (Å²) in [5.41, 5.74) is 3.04. The molecule has 4 rings (SSSR count). The molecule has 0 atom stereocenters. The van der Waals surface area contributed by atoms with Gasteiger partial charge in [-0.05, 0) is 49.2 Å². The fourth-order valence-corrected chi connectivity index (χ4v) is 3.74. The normalized spacial score (nSPS) is 10.7. The van der Waals surface area contributed by atoms with Crippen LogP contribution >= 0.6 is 23.2 Å². The number of halogens is 2. The number of amides is 1. The van der Waals surface area contributed by atoms with Gasteiger partial charge in [-0.25, -0.2) is 4.98 Å². The molecule has 9 heteroatoms. The predicted octanol–water partition coefficient (Wildman–Crippen LogP) is 5.23. The highest BCUT2D eigenvalue weighted by molar-refractivity contribution is 6.35. The SMILES string of the molecule is Cc1cc(-n2ncc(C#N)c2NC(=O)COc2ccc(Cl)cc2Cl)nc2c(C)cccc12. The van der Waals surface area contributed by atoms with Crippen LogP contribution in [0.5, 0.6) is 5.75 Å². The van der Waals surface area contributed by atoms with Crippen molar-refractivity contribution in [2.45, 2.75) is 13.8 Å². The van der Waals surface area contributed by atoms with Crippen molar-refractivity contribution in [1.29, 1.82) is 5.26 Å².